The number of aryl methyl sites for hydroxylation is 1. The number of aromatic nitrogens is 1. The minimum atomic E-state index is -0.0513. The van der Waals surface area contributed by atoms with Gasteiger partial charge >= 0.3 is 0 Å². The largest absolute Gasteiger partial charge is 0.396 e. The van der Waals surface area contributed by atoms with Crippen LogP contribution in [0.15, 0.2) is 5.38 Å². The average molecular weight is 198 g/mol. The first-order valence-corrected chi connectivity index (χ1v) is 5.33. The van der Waals surface area contributed by atoms with Crippen LogP contribution in [-0.4, -0.2) is 23.2 Å². The van der Waals surface area contributed by atoms with Gasteiger partial charge in [-0.3, -0.25) is 0 Å². The lowest BCUT2D eigenvalue weighted by atomic mass is 10.1. The van der Waals surface area contributed by atoms with Crippen LogP contribution in [0.25, 0.3) is 0 Å². The first kappa shape index (κ1) is 9.12. The Balaban J connectivity index is 2.14. The standard InChI is InChI=1S/C9H14N2OS/c1-6-3-13-8(11-6)7-2-9(7,4-10)5-12/h3,7,12H,2,4-5,10H2,1H3. The average Bonchev–Trinajstić information content (AvgIpc) is 2.74. The third kappa shape index (κ3) is 1.39. The molecule has 1 aromatic rings. The molecule has 0 aromatic carbocycles. The lowest BCUT2D eigenvalue weighted by molar-refractivity contribution is 0.211. The third-order valence-electron chi connectivity index (χ3n) is 2.85. The molecule has 1 heterocycles. The molecule has 1 aliphatic rings. The molecule has 2 rings (SSSR count). The van der Waals surface area contributed by atoms with Gasteiger partial charge in [0.1, 0.15) is 0 Å². The Morgan fingerprint density at radius 2 is 2.62 bits per heavy atom. The number of thiazole rings is 1. The van der Waals surface area contributed by atoms with Crippen LogP contribution in [0, 0.1) is 12.3 Å². The van der Waals surface area contributed by atoms with Gasteiger partial charge in [0.25, 0.3) is 0 Å². The Labute approximate surface area is 81.6 Å². The molecule has 3 nitrogen and oxygen atoms in total. The van der Waals surface area contributed by atoms with Crippen molar-refractivity contribution in [3.8, 4) is 0 Å². The number of nitrogens with two attached hydrogens (primary N) is 1. The fraction of sp³-hybridized carbons (Fsp3) is 0.667. The summed E-state index contributed by atoms with van der Waals surface area (Å²) in [6.07, 6.45) is 0.993. The van der Waals surface area contributed by atoms with E-state index >= 15 is 0 Å². The first-order chi connectivity index (χ1) is 6.22. The summed E-state index contributed by atoms with van der Waals surface area (Å²) in [5.41, 5.74) is 6.64. The summed E-state index contributed by atoms with van der Waals surface area (Å²) < 4.78 is 0. The van der Waals surface area contributed by atoms with E-state index in [-0.39, 0.29) is 12.0 Å². The van der Waals surface area contributed by atoms with Crippen molar-refractivity contribution in [3.63, 3.8) is 0 Å². The molecule has 2 atom stereocenters. The van der Waals surface area contributed by atoms with Crippen LogP contribution in [0.4, 0.5) is 0 Å². The monoisotopic (exact) mass is 198 g/mol. The van der Waals surface area contributed by atoms with Gasteiger partial charge in [-0.2, -0.15) is 0 Å². The van der Waals surface area contributed by atoms with Gasteiger partial charge < -0.3 is 10.8 Å². The molecule has 4 heteroatoms. The lowest BCUT2D eigenvalue weighted by Crippen LogP contribution is -2.21. The van der Waals surface area contributed by atoms with Gasteiger partial charge in [-0.25, -0.2) is 4.98 Å². The van der Waals surface area contributed by atoms with Crippen LogP contribution in [-0.2, 0) is 0 Å². The second kappa shape index (κ2) is 3.04. The Hall–Kier alpha value is -0.450. The van der Waals surface area contributed by atoms with E-state index in [1.807, 2.05) is 12.3 Å². The van der Waals surface area contributed by atoms with Gasteiger partial charge in [0.15, 0.2) is 0 Å². The molecule has 2 unspecified atom stereocenters. The molecule has 0 radical (unpaired) electrons. The quantitative estimate of drug-likeness (QED) is 0.758. The summed E-state index contributed by atoms with van der Waals surface area (Å²) in [6.45, 7) is 2.74. The Bertz CT molecular complexity index is 306. The molecule has 0 aliphatic heterocycles. The maximum absolute atomic E-state index is 9.19. The van der Waals surface area contributed by atoms with Crippen molar-refractivity contribution in [2.24, 2.45) is 11.1 Å². The smallest absolute Gasteiger partial charge is 0.0966 e. The molecule has 3 N–H and O–H groups in total. The molecule has 0 spiro atoms. The molecule has 0 saturated heterocycles. The van der Waals surface area contributed by atoms with E-state index < -0.39 is 0 Å². The molecule has 1 aliphatic carbocycles. The zero-order valence-corrected chi connectivity index (χ0v) is 8.47. The van der Waals surface area contributed by atoms with E-state index in [0.29, 0.717) is 12.5 Å². The zero-order valence-electron chi connectivity index (χ0n) is 7.66. The van der Waals surface area contributed by atoms with E-state index in [2.05, 4.69) is 4.98 Å². The molecule has 0 bridgehead atoms. The highest BCUT2D eigenvalue weighted by atomic mass is 32.1. The van der Waals surface area contributed by atoms with Gasteiger partial charge in [0, 0.05) is 29.0 Å². The highest BCUT2D eigenvalue weighted by Crippen LogP contribution is 2.58. The maximum atomic E-state index is 9.19. The highest BCUT2D eigenvalue weighted by molar-refractivity contribution is 7.09. The van der Waals surface area contributed by atoms with Crippen LogP contribution >= 0.6 is 11.3 Å². The SMILES string of the molecule is Cc1csc(C2CC2(CN)CO)n1. The van der Waals surface area contributed by atoms with Gasteiger partial charge in [-0.15, -0.1) is 11.3 Å². The summed E-state index contributed by atoms with van der Waals surface area (Å²) in [7, 11) is 0. The summed E-state index contributed by atoms with van der Waals surface area (Å²) in [5.74, 6) is 0.404. The molecule has 13 heavy (non-hydrogen) atoms. The number of nitrogens with zero attached hydrogens (tertiary/aromatic N) is 1. The summed E-state index contributed by atoms with van der Waals surface area (Å²) in [4.78, 5) is 4.42. The van der Waals surface area contributed by atoms with Crippen molar-refractivity contribution in [1.82, 2.24) is 4.98 Å². The van der Waals surface area contributed by atoms with Crippen LogP contribution < -0.4 is 5.73 Å². The van der Waals surface area contributed by atoms with Gasteiger partial charge in [-0.05, 0) is 13.3 Å². The van der Waals surface area contributed by atoms with Gasteiger partial charge in [0.05, 0.1) is 11.6 Å². The van der Waals surface area contributed by atoms with E-state index in [1.54, 1.807) is 11.3 Å². The predicted octanol–water partition coefficient (Wildman–Crippen LogP) is 0.876. The number of aliphatic hydroxyl groups excluding tert-OH is 1. The fourth-order valence-electron chi connectivity index (χ4n) is 1.69. The topological polar surface area (TPSA) is 59.1 Å². The normalized spacial score (nSPS) is 32.1. The number of rotatable bonds is 3. The van der Waals surface area contributed by atoms with Gasteiger partial charge in [-0.1, -0.05) is 0 Å². The molecular formula is C9H14N2OS. The maximum Gasteiger partial charge on any atom is 0.0966 e. The molecular weight excluding hydrogens is 184 g/mol. The Morgan fingerprint density at radius 1 is 1.85 bits per heavy atom. The van der Waals surface area contributed by atoms with E-state index in [1.165, 1.54) is 0 Å². The number of hydrogen-bond donors (Lipinski definition) is 2. The van der Waals surface area contributed by atoms with Crippen molar-refractivity contribution >= 4 is 11.3 Å². The van der Waals surface area contributed by atoms with Crippen LogP contribution in [0.5, 0.6) is 0 Å². The van der Waals surface area contributed by atoms with E-state index in [4.69, 9.17) is 5.73 Å². The van der Waals surface area contributed by atoms with Crippen LogP contribution in [0.3, 0.4) is 0 Å². The second-order valence-electron chi connectivity index (χ2n) is 3.81. The van der Waals surface area contributed by atoms with Crippen molar-refractivity contribution < 1.29 is 5.11 Å². The van der Waals surface area contributed by atoms with Crippen molar-refractivity contribution in [1.29, 1.82) is 0 Å². The minimum Gasteiger partial charge on any atom is -0.396 e. The predicted molar refractivity (Wildman–Crippen MR) is 52.8 cm³/mol. The zero-order chi connectivity index (χ0) is 9.47. The van der Waals surface area contributed by atoms with Crippen molar-refractivity contribution in [2.45, 2.75) is 19.3 Å². The third-order valence-corrected chi connectivity index (χ3v) is 3.92. The fourth-order valence-corrected chi connectivity index (χ4v) is 2.73. The van der Waals surface area contributed by atoms with E-state index in [9.17, 15) is 5.11 Å². The molecule has 72 valence electrons. The van der Waals surface area contributed by atoms with Gasteiger partial charge in [0.2, 0.25) is 0 Å². The Morgan fingerprint density at radius 3 is 3.00 bits per heavy atom. The summed E-state index contributed by atoms with van der Waals surface area (Å²) in [5, 5.41) is 12.4. The Kier molecular flexibility index (Phi) is 2.14. The molecule has 0 amide bonds. The van der Waals surface area contributed by atoms with Crippen LogP contribution in [0.2, 0.25) is 0 Å². The molecule has 1 saturated carbocycles. The van der Waals surface area contributed by atoms with Crippen molar-refractivity contribution in [2.75, 3.05) is 13.2 Å². The number of hydrogen-bond acceptors (Lipinski definition) is 4. The summed E-state index contributed by atoms with van der Waals surface area (Å²) >= 11 is 1.68. The van der Waals surface area contributed by atoms with E-state index in [0.717, 1.165) is 17.1 Å². The highest BCUT2D eigenvalue weighted by Gasteiger charge is 2.54. The molecule has 1 fully saturated rings. The minimum absolute atomic E-state index is 0.0513. The summed E-state index contributed by atoms with van der Waals surface area (Å²) in [6, 6.07) is 0. The lowest BCUT2D eigenvalue weighted by Gasteiger charge is -2.08. The molecule has 1 aromatic heterocycles. The second-order valence-corrected chi connectivity index (χ2v) is 4.70. The first-order valence-electron chi connectivity index (χ1n) is 4.45. The van der Waals surface area contributed by atoms with Crippen LogP contribution in [0.1, 0.15) is 23.0 Å². The number of aliphatic hydroxyl groups is 1. The van der Waals surface area contributed by atoms with Crippen molar-refractivity contribution in [3.05, 3.63) is 16.1 Å².